The molecule has 4 aromatic rings. The molecule has 0 saturated heterocycles. The fourth-order valence-electron chi connectivity index (χ4n) is 3.87. The number of pyridine rings is 2. The largest absolute Gasteiger partial charge is 0.459 e. The number of nitrogens with two attached hydrogens (primary N) is 2. The third kappa shape index (κ3) is 3.72. The molecule has 0 aromatic carbocycles. The quantitative estimate of drug-likeness (QED) is 0.409. The van der Waals surface area contributed by atoms with E-state index in [0.29, 0.717) is 5.82 Å². The predicted octanol–water partition coefficient (Wildman–Crippen LogP) is 3.62. The Kier molecular flexibility index (Phi) is 5.65. The molecule has 0 bridgehead atoms. The van der Waals surface area contributed by atoms with Crippen molar-refractivity contribution in [3.63, 3.8) is 0 Å². The molecular weight excluding hydrogens is 380 g/mol. The summed E-state index contributed by atoms with van der Waals surface area (Å²) in [6, 6.07) is 5.59. The van der Waals surface area contributed by atoms with Crippen LogP contribution in [-0.2, 0) is 19.4 Å². The molecule has 0 aliphatic rings. The van der Waals surface area contributed by atoms with E-state index >= 15 is 0 Å². The lowest BCUT2D eigenvalue weighted by Crippen LogP contribution is -2.12. The minimum atomic E-state index is -0.530. The molecule has 0 aliphatic heterocycles. The van der Waals surface area contributed by atoms with E-state index in [4.69, 9.17) is 20.9 Å². The zero-order valence-corrected chi connectivity index (χ0v) is 17.1. The molecule has 0 atom stereocenters. The van der Waals surface area contributed by atoms with Gasteiger partial charge < -0.3 is 20.5 Å². The van der Waals surface area contributed by atoms with E-state index in [1.807, 2.05) is 18.2 Å². The number of nitrogen functional groups attached to an aromatic ring is 1. The Balaban J connectivity index is 1.62. The summed E-state index contributed by atoms with van der Waals surface area (Å²) in [6.07, 6.45) is 8.83. The van der Waals surface area contributed by atoms with Gasteiger partial charge in [0, 0.05) is 24.7 Å². The van der Waals surface area contributed by atoms with Crippen LogP contribution in [-0.4, -0.2) is 25.4 Å². The molecule has 4 rings (SSSR count). The zero-order valence-electron chi connectivity index (χ0n) is 17.1. The van der Waals surface area contributed by atoms with Crippen molar-refractivity contribution in [1.82, 2.24) is 19.5 Å². The second-order valence-corrected chi connectivity index (χ2v) is 7.44. The number of anilines is 1. The van der Waals surface area contributed by atoms with Gasteiger partial charge in [-0.1, -0.05) is 13.3 Å². The number of carbonyl (C=O) groups is 1. The standard InChI is InChI=1S/C22H26N6O2/c1-2-3-9-16-27-18-19(17-15(26-21(18)23)8-6-11-25-17)28(16)12-5-4-7-14-10-13-30-20(14)22(24)29/h6,8,10-11,13H,2-5,7,9,12H2,1H3,(H2,23,26)(H2,24,29). The smallest absolute Gasteiger partial charge is 0.284 e. The first-order valence-corrected chi connectivity index (χ1v) is 10.4. The normalized spacial score (nSPS) is 11.5. The van der Waals surface area contributed by atoms with Crippen molar-refractivity contribution in [2.75, 3.05) is 5.73 Å². The third-order valence-electron chi connectivity index (χ3n) is 5.34. The van der Waals surface area contributed by atoms with Crippen LogP contribution in [0.15, 0.2) is 35.1 Å². The van der Waals surface area contributed by atoms with E-state index in [0.717, 1.165) is 78.5 Å². The topological polar surface area (TPSA) is 126 Å². The summed E-state index contributed by atoms with van der Waals surface area (Å²) in [7, 11) is 0. The minimum Gasteiger partial charge on any atom is -0.459 e. The minimum absolute atomic E-state index is 0.251. The molecule has 0 unspecified atom stereocenters. The van der Waals surface area contributed by atoms with Gasteiger partial charge in [0.25, 0.3) is 5.91 Å². The van der Waals surface area contributed by atoms with Gasteiger partial charge in [-0.05, 0) is 43.9 Å². The van der Waals surface area contributed by atoms with Crippen LogP contribution in [0.4, 0.5) is 5.82 Å². The number of aromatic nitrogens is 4. The highest BCUT2D eigenvalue weighted by Gasteiger charge is 2.18. The molecule has 0 saturated carbocycles. The lowest BCUT2D eigenvalue weighted by molar-refractivity contribution is 0.0972. The number of hydrogen-bond donors (Lipinski definition) is 2. The van der Waals surface area contributed by atoms with Crippen LogP contribution in [0.25, 0.3) is 22.1 Å². The number of unbranched alkanes of at least 4 members (excludes halogenated alkanes) is 2. The van der Waals surface area contributed by atoms with Gasteiger partial charge in [-0.3, -0.25) is 9.78 Å². The second kappa shape index (κ2) is 8.52. The highest BCUT2D eigenvalue weighted by atomic mass is 16.3. The van der Waals surface area contributed by atoms with E-state index in [1.165, 1.54) is 6.26 Å². The molecule has 156 valence electrons. The van der Waals surface area contributed by atoms with Crippen LogP contribution < -0.4 is 11.5 Å². The monoisotopic (exact) mass is 406 g/mol. The van der Waals surface area contributed by atoms with Crippen molar-refractivity contribution in [3.05, 3.63) is 47.8 Å². The summed E-state index contributed by atoms with van der Waals surface area (Å²) >= 11 is 0. The summed E-state index contributed by atoms with van der Waals surface area (Å²) in [5.74, 6) is 1.17. The summed E-state index contributed by atoms with van der Waals surface area (Å²) < 4.78 is 7.43. The Morgan fingerprint density at radius 1 is 1.13 bits per heavy atom. The maximum Gasteiger partial charge on any atom is 0.284 e. The lowest BCUT2D eigenvalue weighted by Gasteiger charge is -2.10. The SMILES string of the molecule is CCCCc1nc2c(N)nc3cccnc3c2n1CCCCc1ccoc1C(N)=O. The van der Waals surface area contributed by atoms with Gasteiger partial charge in [0.15, 0.2) is 11.6 Å². The van der Waals surface area contributed by atoms with Crippen LogP contribution in [0.2, 0.25) is 0 Å². The van der Waals surface area contributed by atoms with Crippen LogP contribution in [0.1, 0.15) is 54.5 Å². The average Bonchev–Trinajstić information content (AvgIpc) is 3.35. The lowest BCUT2D eigenvalue weighted by atomic mass is 10.1. The maximum atomic E-state index is 11.4. The maximum absolute atomic E-state index is 11.4. The predicted molar refractivity (Wildman–Crippen MR) is 116 cm³/mol. The van der Waals surface area contributed by atoms with Gasteiger partial charge in [-0.2, -0.15) is 0 Å². The number of imidazole rings is 1. The summed E-state index contributed by atoms with van der Waals surface area (Å²) in [6.45, 7) is 2.95. The molecule has 8 nitrogen and oxygen atoms in total. The Hall–Kier alpha value is -3.42. The Bertz CT molecular complexity index is 1190. The number of aryl methyl sites for hydroxylation is 3. The van der Waals surface area contributed by atoms with Crippen LogP contribution in [0.5, 0.6) is 0 Å². The van der Waals surface area contributed by atoms with Crippen molar-refractivity contribution in [2.24, 2.45) is 5.73 Å². The summed E-state index contributed by atoms with van der Waals surface area (Å²) in [4.78, 5) is 25.3. The highest BCUT2D eigenvalue weighted by Crippen LogP contribution is 2.28. The van der Waals surface area contributed by atoms with Crippen molar-refractivity contribution >= 4 is 33.8 Å². The van der Waals surface area contributed by atoms with Gasteiger partial charge in [0.05, 0.1) is 11.8 Å². The first-order chi connectivity index (χ1) is 14.6. The molecule has 0 fully saturated rings. The number of nitrogens with zero attached hydrogens (tertiary/aromatic N) is 4. The first-order valence-electron chi connectivity index (χ1n) is 10.4. The highest BCUT2D eigenvalue weighted by molar-refractivity contribution is 6.04. The molecule has 0 radical (unpaired) electrons. The van der Waals surface area contributed by atoms with Crippen LogP contribution >= 0.6 is 0 Å². The summed E-state index contributed by atoms with van der Waals surface area (Å²) in [5, 5.41) is 0. The van der Waals surface area contributed by atoms with Crippen LogP contribution in [0.3, 0.4) is 0 Å². The molecule has 4 N–H and O–H groups in total. The molecule has 30 heavy (non-hydrogen) atoms. The number of furan rings is 1. The van der Waals surface area contributed by atoms with E-state index in [-0.39, 0.29) is 5.76 Å². The van der Waals surface area contributed by atoms with E-state index in [1.54, 1.807) is 6.20 Å². The number of fused-ring (bicyclic) bond motifs is 3. The van der Waals surface area contributed by atoms with Gasteiger partial charge in [0.1, 0.15) is 22.4 Å². The van der Waals surface area contributed by atoms with Gasteiger partial charge in [-0.25, -0.2) is 9.97 Å². The van der Waals surface area contributed by atoms with Gasteiger partial charge in [0.2, 0.25) is 0 Å². The molecule has 1 amide bonds. The fraction of sp³-hybridized carbons (Fsp3) is 0.364. The number of carbonyl (C=O) groups excluding carboxylic acids is 1. The molecule has 4 aromatic heterocycles. The molecule has 0 spiro atoms. The zero-order chi connectivity index (χ0) is 21.1. The Labute approximate surface area is 174 Å². The Morgan fingerprint density at radius 2 is 2.00 bits per heavy atom. The first kappa shape index (κ1) is 19.9. The third-order valence-corrected chi connectivity index (χ3v) is 5.34. The van der Waals surface area contributed by atoms with Crippen molar-refractivity contribution < 1.29 is 9.21 Å². The van der Waals surface area contributed by atoms with Gasteiger partial charge in [-0.15, -0.1) is 0 Å². The number of rotatable bonds is 9. The van der Waals surface area contributed by atoms with Crippen LogP contribution in [0, 0.1) is 0 Å². The van der Waals surface area contributed by atoms with Gasteiger partial charge >= 0.3 is 0 Å². The van der Waals surface area contributed by atoms with E-state index in [2.05, 4.69) is 21.5 Å². The molecular formula is C22H26N6O2. The number of amides is 1. The molecule has 8 heteroatoms. The Morgan fingerprint density at radius 3 is 2.80 bits per heavy atom. The van der Waals surface area contributed by atoms with Crippen molar-refractivity contribution in [2.45, 2.75) is 52.0 Å². The fourth-order valence-corrected chi connectivity index (χ4v) is 3.87. The average molecular weight is 406 g/mol. The van der Waals surface area contributed by atoms with E-state index < -0.39 is 5.91 Å². The molecule has 0 aliphatic carbocycles. The number of hydrogen-bond acceptors (Lipinski definition) is 6. The number of primary amides is 1. The van der Waals surface area contributed by atoms with Crippen molar-refractivity contribution in [3.8, 4) is 0 Å². The van der Waals surface area contributed by atoms with Crippen molar-refractivity contribution in [1.29, 1.82) is 0 Å². The van der Waals surface area contributed by atoms with E-state index in [9.17, 15) is 4.79 Å². The summed E-state index contributed by atoms with van der Waals surface area (Å²) in [5.41, 5.74) is 15.7. The molecule has 4 heterocycles. The second-order valence-electron chi connectivity index (χ2n) is 7.44.